The summed E-state index contributed by atoms with van der Waals surface area (Å²) >= 11 is 1.52. The third kappa shape index (κ3) is 19.9. The molecule has 18 heteroatoms. The van der Waals surface area contributed by atoms with Crippen molar-refractivity contribution in [3.05, 3.63) is 164 Å². The summed E-state index contributed by atoms with van der Waals surface area (Å²) in [6.07, 6.45) is 7.10. The Bertz CT molecular complexity index is 2630. The number of unbranched alkanes of at least 4 members (excludes halogenated alkanes) is 2. The van der Waals surface area contributed by atoms with Gasteiger partial charge in [0, 0.05) is 37.3 Å². The van der Waals surface area contributed by atoms with Gasteiger partial charge in [-0.3, -0.25) is 5.43 Å². The minimum absolute atomic E-state index is 0.0935. The van der Waals surface area contributed by atoms with Crippen molar-refractivity contribution in [2.75, 3.05) is 45.0 Å². The molecule has 0 aliphatic carbocycles. The second kappa shape index (κ2) is 30.6. The summed E-state index contributed by atoms with van der Waals surface area (Å²) in [4.78, 5) is 77.4. The number of thiazole rings is 1. The molecule has 0 aliphatic rings. The van der Waals surface area contributed by atoms with E-state index in [9.17, 15) is 28.8 Å². The van der Waals surface area contributed by atoms with Gasteiger partial charge in [0.1, 0.15) is 42.7 Å². The minimum atomic E-state index is -0.640. The van der Waals surface area contributed by atoms with Gasteiger partial charge in [0.05, 0.1) is 41.2 Å². The highest BCUT2D eigenvalue weighted by molar-refractivity contribution is 7.22. The fourth-order valence-electron chi connectivity index (χ4n) is 6.80. The minimum Gasteiger partial charge on any atom is -0.494 e. The third-order valence-corrected chi connectivity index (χ3v) is 11.5. The quantitative estimate of drug-likeness (QED) is 0.0100. The number of nitrogens with one attached hydrogen (secondary N) is 2. The van der Waals surface area contributed by atoms with Crippen LogP contribution < -0.4 is 25.1 Å². The summed E-state index contributed by atoms with van der Waals surface area (Å²) in [6, 6.07) is 26.5. The van der Waals surface area contributed by atoms with Gasteiger partial charge in [-0.1, -0.05) is 61.9 Å². The van der Waals surface area contributed by atoms with Crippen molar-refractivity contribution in [3.63, 3.8) is 0 Å². The first kappa shape index (κ1) is 55.8. The van der Waals surface area contributed by atoms with E-state index in [0.29, 0.717) is 105 Å². The summed E-state index contributed by atoms with van der Waals surface area (Å²) in [7, 11) is 0. The van der Waals surface area contributed by atoms with E-state index in [4.69, 9.17) is 37.9 Å². The average molecular weight is 1020 g/mol. The van der Waals surface area contributed by atoms with E-state index in [1.54, 1.807) is 54.6 Å². The first-order valence-corrected chi connectivity index (χ1v) is 24.3. The number of benzene rings is 4. The Morgan fingerprint density at radius 2 is 1.14 bits per heavy atom. The Hall–Kier alpha value is -8.09. The Balaban J connectivity index is 1.10. The number of hydrazine groups is 1. The SMILES string of the molecule is C=CC(=O)OCC(CCCCOc1ccc(C(=O)OCCc2ccc(OC(=O)c3ccc(OCCCCC(COC(=O)C=C)OC(=O)C=C)cc3)c(CCNNc3nc4ccccc4s3)c2)cc1)OC(=O)C=C. The van der Waals surface area contributed by atoms with Crippen LogP contribution in [0.4, 0.5) is 5.13 Å². The highest BCUT2D eigenvalue weighted by Gasteiger charge is 2.18. The van der Waals surface area contributed by atoms with Gasteiger partial charge in [-0.25, -0.2) is 39.2 Å². The molecule has 1 heterocycles. The molecule has 0 aliphatic heterocycles. The van der Waals surface area contributed by atoms with E-state index in [2.05, 4.69) is 42.2 Å². The van der Waals surface area contributed by atoms with Crippen molar-refractivity contribution < 1.29 is 66.7 Å². The summed E-state index contributed by atoms with van der Waals surface area (Å²) in [5.41, 5.74) is 9.52. The fraction of sp³-hybridized carbons (Fsp3) is 0.291. The van der Waals surface area contributed by atoms with Crippen molar-refractivity contribution in [3.8, 4) is 17.2 Å². The number of aromatic nitrogens is 1. The van der Waals surface area contributed by atoms with Gasteiger partial charge in [-0.2, -0.15) is 0 Å². The van der Waals surface area contributed by atoms with Gasteiger partial charge >= 0.3 is 35.8 Å². The van der Waals surface area contributed by atoms with E-state index >= 15 is 0 Å². The van der Waals surface area contributed by atoms with Crippen LogP contribution in [0.1, 0.15) is 70.4 Å². The Labute approximate surface area is 427 Å². The van der Waals surface area contributed by atoms with E-state index < -0.39 is 48.0 Å². The third-order valence-electron chi connectivity index (χ3n) is 10.6. The molecule has 2 unspecified atom stereocenters. The van der Waals surface area contributed by atoms with Crippen LogP contribution in [0.2, 0.25) is 0 Å². The number of hydrogen-bond donors (Lipinski definition) is 2. The molecule has 17 nitrogen and oxygen atoms in total. The van der Waals surface area contributed by atoms with Gasteiger partial charge in [0.15, 0.2) is 5.13 Å². The van der Waals surface area contributed by atoms with Crippen LogP contribution >= 0.6 is 11.3 Å². The predicted octanol–water partition coefficient (Wildman–Crippen LogP) is 8.83. The molecule has 0 fully saturated rings. The molecule has 0 spiro atoms. The Morgan fingerprint density at radius 3 is 1.68 bits per heavy atom. The lowest BCUT2D eigenvalue weighted by atomic mass is 10.0. The lowest BCUT2D eigenvalue weighted by Gasteiger charge is -2.16. The number of carbonyl (C=O) groups is 6. The molecule has 0 radical (unpaired) electrons. The maximum absolute atomic E-state index is 13.5. The molecule has 5 aromatic rings. The van der Waals surface area contributed by atoms with Crippen molar-refractivity contribution in [2.45, 2.75) is 63.6 Å². The van der Waals surface area contributed by atoms with Gasteiger partial charge in [-0.05, 0) is 123 Å². The van der Waals surface area contributed by atoms with Crippen LogP contribution in [0.5, 0.6) is 17.2 Å². The number of nitrogens with zero attached hydrogens (tertiary/aromatic N) is 1. The highest BCUT2D eigenvalue weighted by atomic mass is 32.1. The fourth-order valence-corrected chi connectivity index (χ4v) is 7.64. The van der Waals surface area contributed by atoms with E-state index in [-0.39, 0.29) is 19.8 Å². The number of esters is 6. The average Bonchev–Trinajstić information content (AvgIpc) is 3.83. The van der Waals surface area contributed by atoms with Crippen molar-refractivity contribution in [2.24, 2.45) is 0 Å². The largest absolute Gasteiger partial charge is 0.494 e. The molecule has 0 saturated heterocycles. The van der Waals surface area contributed by atoms with Crippen LogP contribution in [0, 0.1) is 0 Å². The van der Waals surface area contributed by atoms with E-state index in [1.165, 1.54) is 11.3 Å². The standard InChI is InChI=1S/C55H59N3O14S/c1-5-49(59)68-36-44(70-51(61)7-3)15-11-13-32-65-42-24-20-39(21-25-42)53(63)67-34-30-38-19-28-47(41(35-38)29-31-56-58-55-57-46-17-9-10-18-48(46)73-55)72-54(64)40-22-26-43(27-23-40)66-33-14-12-16-45(71-52(62)8-4)37-69-50(60)6-2/h5-10,17-28,35,44-45,56H,1-4,11-16,29-34,36-37H2,(H,57,58). The first-order valence-electron chi connectivity index (χ1n) is 23.5. The lowest BCUT2D eigenvalue weighted by Crippen LogP contribution is -2.24. The second-order valence-electron chi connectivity index (χ2n) is 15.9. The molecule has 0 amide bonds. The number of carbonyl (C=O) groups excluding carboxylic acids is 6. The highest BCUT2D eigenvalue weighted by Crippen LogP contribution is 2.26. The van der Waals surface area contributed by atoms with Crippen molar-refractivity contribution >= 4 is 62.5 Å². The predicted molar refractivity (Wildman–Crippen MR) is 274 cm³/mol. The second-order valence-corrected chi connectivity index (χ2v) is 17.0. The van der Waals surface area contributed by atoms with E-state index in [1.807, 2.05) is 36.4 Å². The summed E-state index contributed by atoms with van der Waals surface area (Å²) in [5.74, 6) is -2.04. The smallest absolute Gasteiger partial charge is 0.343 e. The number of rotatable bonds is 33. The molecule has 2 atom stereocenters. The molecular weight excluding hydrogens is 959 g/mol. The summed E-state index contributed by atoms with van der Waals surface area (Å²) < 4.78 is 44.9. The van der Waals surface area contributed by atoms with E-state index in [0.717, 1.165) is 45.6 Å². The van der Waals surface area contributed by atoms with Crippen LogP contribution in [-0.4, -0.2) is 92.6 Å². The zero-order valence-corrected chi connectivity index (χ0v) is 41.2. The molecule has 4 aromatic carbocycles. The number of fused-ring (bicyclic) bond motifs is 1. The molecular formula is C55H59N3O14S. The Kier molecular flexibility index (Phi) is 23.4. The number of hydrogen-bond acceptors (Lipinski definition) is 18. The molecule has 384 valence electrons. The maximum Gasteiger partial charge on any atom is 0.343 e. The van der Waals surface area contributed by atoms with Gasteiger partial charge in [-0.15, -0.1) is 0 Å². The van der Waals surface area contributed by atoms with Crippen LogP contribution in [0.15, 0.2) is 142 Å². The zero-order chi connectivity index (χ0) is 52.2. The number of ether oxygens (including phenoxy) is 8. The van der Waals surface area contributed by atoms with Gasteiger partial charge in [0.2, 0.25) is 0 Å². The van der Waals surface area contributed by atoms with Crippen LogP contribution in [0.25, 0.3) is 10.2 Å². The first-order chi connectivity index (χ1) is 35.5. The van der Waals surface area contributed by atoms with Gasteiger partial charge in [0.25, 0.3) is 0 Å². The monoisotopic (exact) mass is 1020 g/mol. The van der Waals surface area contributed by atoms with Crippen LogP contribution in [0.3, 0.4) is 0 Å². The van der Waals surface area contributed by atoms with Crippen molar-refractivity contribution in [1.29, 1.82) is 0 Å². The molecule has 0 bridgehead atoms. The molecule has 73 heavy (non-hydrogen) atoms. The zero-order valence-electron chi connectivity index (χ0n) is 40.4. The maximum atomic E-state index is 13.5. The van der Waals surface area contributed by atoms with Gasteiger partial charge < -0.3 is 37.9 Å². The molecule has 5 rings (SSSR count). The topological polar surface area (TPSA) is 213 Å². The summed E-state index contributed by atoms with van der Waals surface area (Å²) in [6.45, 7) is 14.6. The molecule has 0 saturated carbocycles. The molecule has 1 aromatic heterocycles. The normalized spacial score (nSPS) is 11.5. The van der Waals surface area contributed by atoms with Crippen LogP contribution in [-0.2, 0) is 55.7 Å². The number of anilines is 1. The summed E-state index contributed by atoms with van der Waals surface area (Å²) in [5, 5.41) is 0.709. The van der Waals surface area contributed by atoms with Crippen molar-refractivity contribution in [1.82, 2.24) is 10.4 Å². The lowest BCUT2D eigenvalue weighted by molar-refractivity contribution is -0.153. The number of para-hydroxylation sites is 1. The molecule has 2 N–H and O–H groups in total. The Morgan fingerprint density at radius 1 is 0.589 bits per heavy atom.